The predicted molar refractivity (Wildman–Crippen MR) is 47.6 cm³/mol. The van der Waals surface area contributed by atoms with Gasteiger partial charge >= 0.3 is 0 Å². The monoisotopic (exact) mass is 190 g/mol. The van der Waals surface area contributed by atoms with Crippen molar-refractivity contribution in [2.45, 2.75) is 0 Å². The topological polar surface area (TPSA) is 64.2 Å². The number of carbonyl (C=O) groups excluding carboxylic acids is 1. The molecule has 2 heterocycles. The Balaban J connectivity index is 2.35. The van der Waals surface area contributed by atoms with Gasteiger partial charge in [-0.2, -0.15) is 5.10 Å². The average Bonchev–Trinajstić information content (AvgIpc) is 2.78. The number of nitrogens with zero attached hydrogens (tertiary/aromatic N) is 1. The van der Waals surface area contributed by atoms with Gasteiger partial charge in [-0.1, -0.05) is 0 Å². The van der Waals surface area contributed by atoms with Crippen molar-refractivity contribution in [1.82, 2.24) is 10.2 Å². The Labute approximate surface area is 78.6 Å². The number of H-pyrrole nitrogens is 1. The Bertz CT molecular complexity index is 518. The van der Waals surface area contributed by atoms with Gasteiger partial charge in [0, 0.05) is 11.5 Å². The number of carbonyl (C=O) groups is 1. The highest BCUT2D eigenvalue weighted by Crippen LogP contribution is 2.35. The lowest BCUT2D eigenvalue weighted by Crippen LogP contribution is -1.92. The molecule has 1 aromatic carbocycles. The summed E-state index contributed by atoms with van der Waals surface area (Å²) in [6.07, 6.45) is 0.734. The van der Waals surface area contributed by atoms with Crippen LogP contribution in [0.3, 0.4) is 0 Å². The molecular weight excluding hydrogens is 184 g/mol. The zero-order valence-corrected chi connectivity index (χ0v) is 7.11. The molecule has 1 aliphatic rings. The number of hydrogen-bond acceptors (Lipinski definition) is 4. The molecule has 0 radical (unpaired) electrons. The van der Waals surface area contributed by atoms with Crippen molar-refractivity contribution in [2.24, 2.45) is 0 Å². The van der Waals surface area contributed by atoms with E-state index in [2.05, 4.69) is 10.2 Å². The summed E-state index contributed by atoms with van der Waals surface area (Å²) < 4.78 is 10.4. The van der Waals surface area contributed by atoms with Gasteiger partial charge in [0.1, 0.15) is 5.69 Å². The lowest BCUT2D eigenvalue weighted by Gasteiger charge is -1.94. The number of aromatic amines is 1. The van der Waals surface area contributed by atoms with Gasteiger partial charge in [-0.25, -0.2) is 0 Å². The highest BCUT2D eigenvalue weighted by Gasteiger charge is 2.16. The largest absolute Gasteiger partial charge is 0.454 e. The third-order valence-corrected chi connectivity index (χ3v) is 2.20. The molecule has 0 saturated heterocycles. The second-order valence-corrected chi connectivity index (χ2v) is 2.98. The van der Waals surface area contributed by atoms with E-state index in [4.69, 9.17) is 9.47 Å². The van der Waals surface area contributed by atoms with E-state index in [-0.39, 0.29) is 6.79 Å². The van der Waals surface area contributed by atoms with Gasteiger partial charge in [0.15, 0.2) is 17.8 Å². The Morgan fingerprint density at radius 2 is 2.14 bits per heavy atom. The lowest BCUT2D eigenvalue weighted by atomic mass is 10.2. The summed E-state index contributed by atoms with van der Waals surface area (Å²) in [6.45, 7) is 0.224. The fourth-order valence-electron chi connectivity index (χ4n) is 1.51. The molecule has 0 amide bonds. The van der Waals surface area contributed by atoms with Gasteiger partial charge in [-0.15, -0.1) is 0 Å². The first-order valence-corrected chi connectivity index (χ1v) is 4.11. The number of nitrogens with one attached hydrogen (secondary N) is 1. The minimum atomic E-state index is 0.224. The number of aromatic nitrogens is 2. The molecule has 0 spiro atoms. The normalized spacial score (nSPS) is 13.4. The molecule has 1 N–H and O–H groups in total. The third-order valence-electron chi connectivity index (χ3n) is 2.20. The van der Waals surface area contributed by atoms with E-state index in [9.17, 15) is 4.79 Å². The average molecular weight is 190 g/mol. The molecule has 2 aromatic rings. The molecule has 0 fully saturated rings. The quantitative estimate of drug-likeness (QED) is 0.684. The molecule has 5 heteroatoms. The van der Waals surface area contributed by atoms with E-state index in [1.165, 1.54) is 0 Å². The first-order valence-electron chi connectivity index (χ1n) is 4.11. The fourth-order valence-corrected chi connectivity index (χ4v) is 1.51. The van der Waals surface area contributed by atoms with Crippen LogP contribution >= 0.6 is 0 Å². The van der Waals surface area contributed by atoms with E-state index >= 15 is 0 Å². The number of aldehydes is 1. The van der Waals surface area contributed by atoms with Gasteiger partial charge in [-0.3, -0.25) is 9.89 Å². The van der Waals surface area contributed by atoms with Crippen LogP contribution in [0.25, 0.3) is 10.9 Å². The van der Waals surface area contributed by atoms with Crippen LogP contribution in [0, 0.1) is 0 Å². The molecule has 0 aliphatic carbocycles. The molecule has 14 heavy (non-hydrogen) atoms. The van der Waals surface area contributed by atoms with Crippen LogP contribution in [-0.4, -0.2) is 23.3 Å². The van der Waals surface area contributed by atoms with Crippen molar-refractivity contribution < 1.29 is 14.3 Å². The zero-order chi connectivity index (χ0) is 9.54. The zero-order valence-electron chi connectivity index (χ0n) is 7.11. The van der Waals surface area contributed by atoms with Crippen LogP contribution in [-0.2, 0) is 0 Å². The van der Waals surface area contributed by atoms with Crippen LogP contribution in [0.15, 0.2) is 12.1 Å². The van der Waals surface area contributed by atoms with Crippen LogP contribution in [0.5, 0.6) is 11.5 Å². The second kappa shape index (κ2) is 2.47. The van der Waals surface area contributed by atoms with E-state index in [0.29, 0.717) is 22.7 Å². The standard InChI is InChI=1S/C9H6N2O3/c12-3-7-5-1-8-9(14-4-13-8)2-6(5)10-11-7/h1-3H,4H2,(H,10,11). The van der Waals surface area contributed by atoms with Crippen molar-refractivity contribution in [3.05, 3.63) is 17.8 Å². The fraction of sp³-hybridized carbons (Fsp3) is 0.111. The van der Waals surface area contributed by atoms with Crippen LogP contribution in [0.2, 0.25) is 0 Å². The van der Waals surface area contributed by atoms with Crippen LogP contribution < -0.4 is 9.47 Å². The molecule has 0 saturated carbocycles. The summed E-state index contributed by atoms with van der Waals surface area (Å²) in [7, 11) is 0. The summed E-state index contributed by atoms with van der Waals surface area (Å²) in [6, 6.07) is 3.51. The van der Waals surface area contributed by atoms with Gasteiger partial charge < -0.3 is 9.47 Å². The maximum atomic E-state index is 10.6. The Morgan fingerprint density at radius 1 is 1.36 bits per heavy atom. The summed E-state index contributed by atoms with van der Waals surface area (Å²) in [5, 5.41) is 7.37. The minimum Gasteiger partial charge on any atom is -0.454 e. The Morgan fingerprint density at radius 3 is 2.93 bits per heavy atom. The molecule has 3 rings (SSSR count). The molecule has 1 aromatic heterocycles. The van der Waals surface area contributed by atoms with Crippen molar-refractivity contribution in [1.29, 1.82) is 0 Å². The van der Waals surface area contributed by atoms with Crippen molar-refractivity contribution in [2.75, 3.05) is 6.79 Å². The number of hydrogen-bond donors (Lipinski definition) is 1. The number of benzene rings is 1. The first kappa shape index (κ1) is 7.37. The van der Waals surface area contributed by atoms with Crippen molar-refractivity contribution >= 4 is 17.2 Å². The number of rotatable bonds is 1. The SMILES string of the molecule is O=Cc1[nH]nc2cc3c(cc12)OCO3. The van der Waals surface area contributed by atoms with Crippen LogP contribution in [0.4, 0.5) is 0 Å². The summed E-state index contributed by atoms with van der Waals surface area (Å²) >= 11 is 0. The highest BCUT2D eigenvalue weighted by atomic mass is 16.7. The molecular formula is C9H6N2O3. The molecule has 0 bridgehead atoms. The Kier molecular flexibility index (Phi) is 1.30. The van der Waals surface area contributed by atoms with Crippen LogP contribution in [0.1, 0.15) is 10.5 Å². The van der Waals surface area contributed by atoms with Gasteiger partial charge in [0.2, 0.25) is 6.79 Å². The molecule has 70 valence electrons. The summed E-state index contributed by atoms with van der Waals surface area (Å²) in [5.74, 6) is 1.32. The van der Waals surface area contributed by atoms with Crippen molar-refractivity contribution in [3.63, 3.8) is 0 Å². The molecule has 0 unspecified atom stereocenters. The van der Waals surface area contributed by atoms with E-state index in [1.54, 1.807) is 12.1 Å². The second-order valence-electron chi connectivity index (χ2n) is 2.98. The first-order chi connectivity index (χ1) is 6.88. The highest BCUT2D eigenvalue weighted by molar-refractivity contribution is 5.96. The lowest BCUT2D eigenvalue weighted by molar-refractivity contribution is 0.112. The van der Waals surface area contributed by atoms with E-state index in [1.807, 2.05) is 0 Å². The molecule has 0 atom stereocenters. The molecule has 5 nitrogen and oxygen atoms in total. The third kappa shape index (κ3) is 0.834. The summed E-state index contributed by atoms with van der Waals surface area (Å²) in [4.78, 5) is 10.6. The maximum absolute atomic E-state index is 10.6. The smallest absolute Gasteiger partial charge is 0.231 e. The minimum absolute atomic E-state index is 0.224. The predicted octanol–water partition coefficient (Wildman–Crippen LogP) is 1.10. The van der Waals surface area contributed by atoms with Crippen molar-refractivity contribution in [3.8, 4) is 11.5 Å². The van der Waals surface area contributed by atoms with E-state index < -0.39 is 0 Å². The number of ether oxygens (including phenoxy) is 2. The summed E-state index contributed by atoms with van der Waals surface area (Å²) in [5.41, 5.74) is 1.16. The van der Waals surface area contributed by atoms with Gasteiger partial charge in [0.25, 0.3) is 0 Å². The number of fused-ring (bicyclic) bond motifs is 2. The van der Waals surface area contributed by atoms with E-state index in [0.717, 1.165) is 11.7 Å². The maximum Gasteiger partial charge on any atom is 0.231 e. The van der Waals surface area contributed by atoms with Gasteiger partial charge in [0.05, 0.1) is 5.52 Å². The molecule has 1 aliphatic heterocycles. The Hall–Kier alpha value is -2.04. The van der Waals surface area contributed by atoms with Gasteiger partial charge in [-0.05, 0) is 6.07 Å².